The Morgan fingerprint density at radius 3 is 2.64 bits per heavy atom. The van der Waals surface area contributed by atoms with E-state index in [9.17, 15) is 4.79 Å². The average Bonchev–Trinajstić information content (AvgIpc) is 2.16. The highest BCUT2D eigenvalue weighted by Crippen LogP contribution is 2.27. The highest BCUT2D eigenvalue weighted by atomic mass is 79.9. The van der Waals surface area contributed by atoms with Gasteiger partial charge < -0.3 is 0 Å². The van der Waals surface area contributed by atoms with Crippen LogP contribution >= 0.6 is 15.9 Å². The zero-order chi connectivity index (χ0) is 10.7. The molecular formula is C12H15BrO. The molecule has 1 unspecified atom stereocenters. The summed E-state index contributed by atoms with van der Waals surface area (Å²) >= 11 is 3.42. The van der Waals surface area contributed by atoms with Crippen molar-refractivity contribution in [2.24, 2.45) is 0 Å². The molecule has 14 heavy (non-hydrogen) atoms. The number of carbonyl (C=O) groups excluding carboxylic acids is 1. The van der Waals surface area contributed by atoms with Gasteiger partial charge in [0.05, 0.1) is 4.83 Å². The first-order valence-electron chi connectivity index (χ1n) is 4.80. The van der Waals surface area contributed by atoms with Crippen molar-refractivity contribution in [1.29, 1.82) is 0 Å². The maximum atomic E-state index is 11.3. The molecule has 1 aromatic carbocycles. The first kappa shape index (κ1) is 11.4. The summed E-state index contributed by atoms with van der Waals surface area (Å²) in [6.45, 7) is 5.79. The molecule has 76 valence electrons. The second-order valence-electron chi connectivity index (χ2n) is 3.53. The summed E-state index contributed by atoms with van der Waals surface area (Å²) in [5, 5.41) is 0. The molecule has 0 saturated carbocycles. The third-order valence-electron chi connectivity index (χ3n) is 2.31. The molecule has 0 aliphatic carbocycles. The van der Waals surface area contributed by atoms with Gasteiger partial charge in [0, 0.05) is 0 Å². The predicted molar refractivity (Wildman–Crippen MR) is 62.9 cm³/mol. The quantitative estimate of drug-likeness (QED) is 0.754. The van der Waals surface area contributed by atoms with Crippen LogP contribution in [0.15, 0.2) is 18.2 Å². The highest BCUT2D eigenvalue weighted by Gasteiger charge is 2.15. The van der Waals surface area contributed by atoms with Crippen LogP contribution in [0.2, 0.25) is 0 Å². The molecule has 2 heteroatoms. The van der Waals surface area contributed by atoms with Crippen LogP contribution in [-0.4, -0.2) is 5.78 Å². The summed E-state index contributed by atoms with van der Waals surface area (Å²) in [7, 11) is 0. The minimum Gasteiger partial charge on any atom is -0.298 e. The van der Waals surface area contributed by atoms with Gasteiger partial charge >= 0.3 is 0 Å². The van der Waals surface area contributed by atoms with Crippen molar-refractivity contribution in [3.8, 4) is 0 Å². The third-order valence-corrected chi connectivity index (χ3v) is 3.45. The molecule has 0 saturated heterocycles. The maximum Gasteiger partial charge on any atom is 0.147 e. The van der Waals surface area contributed by atoms with E-state index in [1.807, 2.05) is 12.1 Å². The lowest BCUT2D eigenvalue weighted by atomic mass is 9.98. The fraction of sp³-hybridized carbons (Fsp3) is 0.417. The van der Waals surface area contributed by atoms with E-state index in [0.717, 1.165) is 12.0 Å². The number of ketones is 1. The first-order chi connectivity index (χ1) is 6.56. The van der Waals surface area contributed by atoms with Crippen LogP contribution in [-0.2, 0) is 11.2 Å². The molecule has 0 aliphatic heterocycles. The number of alkyl halides is 1. The Kier molecular flexibility index (Phi) is 3.87. The molecule has 0 spiro atoms. The molecule has 0 N–H and O–H groups in total. The van der Waals surface area contributed by atoms with E-state index in [-0.39, 0.29) is 10.6 Å². The molecule has 1 nitrogen and oxygen atoms in total. The van der Waals surface area contributed by atoms with Crippen molar-refractivity contribution in [3.05, 3.63) is 34.9 Å². The van der Waals surface area contributed by atoms with Gasteiger partial charge in [0.25, 0.3) is 0 Å². The van der Waals surface area contributed by atoms with Gasteiger partial charge in [-0.05, 0) is 31.4 Å². The topological polar surface area (TPSA) is 17.1 Å². The molecule has 0 aliphatic rings. The Morgan fingerprint density at radius 2 is 2.14 bits per heavy atom. The smallest absolute Gasteiger partial charge is 0.147 e. The van der Waals surface area contributed by atoms with Crippen LogP contribution < -0.4 is 0 Å². The summed E-state index contributed by atoms with van der Waals surface area (Å²) in [6.07, 6.45) is 0.965. The summed E-state index contributed by atoms with van der Waals surface area (Å²) in [5.74, 6) is 0.156. The van der Waals surface area contributed by atoms with E-state index in [0.29, 0.717) is 0 Å². The summed E-state index contributed by atoms with van der Waals surface area (Å²) < 4.78 is 0. The van der Waals surface area contributed by atoms with Gasteiger partial charge in [-0.2, -0.15) is 0 Å². The zero-order valence-corrected chi connectivity index (χ0v) is 10.4. The van der Waals surface area contributed by atoms with Crippen molar-refractivity contribution >= 4 is 21.7 Å². The lowest BCUT2D eigenvalue weighted by Crippen LogP contribution is -2.04. The van der Waals surface area contributed by atoms with Crippen molar-refractivity contribution in [1.82, 2.24) is 0 Å². The fourth-order valence-corrected chi connectivity index (χ4v) is 1.95. The van der Waals surface area contributed by atoms with Gasteiger partial charge in [-0.3, -0.25) is 4.79 Å². The standard InChI is InChI=1S/C12H15BrO/c1-4-10-7-8(2)5-6-11(10)12(13)9(3)14/h5-7,12H,4H2,1-3H3. The predicted octanol–water partition coefficient (Wildman–Crippen LogP) is 3.58. The Morgan fingerprint density at radius 1 is 1.50 bits per heavy atom. The molecule has 1 aromatic rings. The van der Waals surface area contributed by atoms with E-state index < -0.39 is 0 Å². The average molecular weight is 255 g/mol. The minimum absolute atomic E-state index is 0.155. The Balaban J connectivity index is 3.13. The van der Waals surface area contributed by atoms with Crippen molar-refractivity contribution in [2.75, 3.05) is 0 Å². The summed E-state index contributed by atoms with van der Waals surface area (Å²) in [6, 6.07) is 6.23. The zero-order valence-electron chi connectivity index (χ0n) is 8.80. The Hall–Kier alpha value is -0.630. The summed E-state index contributed by atoms with van der Waals surface area (Å²) in [4.78, 5) is 11.1. The number of Topliss-reactive ketones (excluding diaryl/α,β-unsaturated/α-hetero) is 1. The van der Waals surface area contributed by atoms with Gasteiger partial charge in [-0.1, -0.05) is 46.6 Å². The number of hydrogen-bond donors (Lipinski definition) is 0. The van der Waals surface area contributed by atoms with Crippen molar-refractivity contribution in [2.45, 2.75) is 32.0 Å². The second-order valence-corrected chi connectivity index (χ2v) is 4.44. The van der Waals surface area contributed by atoms with E-state index in [4.69, 9.17) is 0 Å². The Bertz CT molecular complexity index is 344. The minimum atomic E-state index is -0.155. The van der Waals surface area contributed by atoms with Gasteiger partial charge in [0.2, 0.25) is 0 Å². The number of benzene rings is 1. The summed E-state index contributed by atoms with van der Waals surface area (Å²) in [5.41, 5.74) is 3.60. The second kappa shape index (κ2) is 4.74. The van der Waals surface area contributed by atoms with Crippen LogP contribution in [0.4, 0.5) is 0 Å². The molecule has 1 rings (SSSR count). The molecule has 0 aromatic heterocycles. The van der Waals surface area contributed by atoms with Crippen LogP contribution in [0.25, 0.3) is 0 Å². The molecule has 1 atom stereocenters. The molecule has 0 radical (unpaired) electrons. The van der Waals surface area contributed by atoms with E-state index in [1.54, 1.807) is 6.92 Å². The number of rotatable bonds is 3. The molecule has 0 amide bonds. The SMILES string of the molecule is CCc1cc(C)ccc1C(Br)C(C)=O. The first-order valence-corrected chi connectivity index (χ1v) is 5.71. The molecular weight excluding hydrogens is 240 g/mol. The highest BCUT2D eigenvalue weighted by molar-refractivity contribution is 9.09. The number of halogens is 1. The maximum absolute atomic E-state index is 11.3. The van der Waals surface area contributed by atoms with Gasteiger partial charge in [0.1, 0.15) is 5.78 Å². The molecule has 0 fully saturated rings. The lowest BCUT2D eigenvalue weighted by Gasteiger charge is -2.12. The number of hydrogen-bond acceptors (Lipinski definition) is 1. The van der Waals surface area contributed by atoms with Crippen LogP contribution in [0.3, 0.4) is 0 Å². The number of aryl methyl sites for hydroxylation is 2. The monoisotopic (exact) mass is 254 g/mol. The Labute approximate surface area is 93.7 Å². The number of carbonyl (C=O) groups is 1. The van der Waals surface area contributed by atoms with E-state index in [1.165, 1.54) is 11.1 Å². The van der Waals surface area contributed by atoms with Crippen molar-refractivity contribution in [3.63, 3.8) is 0 Å². The van der Waals surface area contributed by atoms with Gasteiger partial charge in [-0.15, -0.1) is 0 Å². The van der Waals surface area contributed by atoms with Crippen molar-refractivity contribution < 1.29 is 4.79 Å². The molecule has 0 bridgehead atoms. The van der Waals surface area contributed by atoms with Crippen LogP contribution in [0.1, 0.15) is 35.4 Å². The van der Waals surface area contributed by atoms with E-state index >= 15 is 0 Å². The fourth-order valence-electron chi connectivity index (χ4n) is 1.51. The van der Waals surface area contributed by atoms with Gasteiger partial charge in [0.15, 0.2) is 0 Å². The third kappa shape index (κ3) is 2.44. The lowest BCUT2D eigenvalue weighted by molar-refractivity contribution is -0.116. The largest absolute Gasteiger partial charge is 0.298 e. The normalized spacial score (nSPS) is 12.6. The molecule has 0 heterocycles. The van der Waals surface area contributed by atoms with Crippen LogP contribution in [0, 0.1) is 6.92 Å². The van der Waals surface area contributed by atoms with Gasteiger partial charge in [-0.25, -0.2) is 0 Å². The van der Waals surface area contributed by atoms with E-state index in [2.05, 4.69) is 35.8 Å². The van der Waals surface area contributed by atoms with Crippen LogP contribution in [0.5, 0.6) is 0 Å².